The second kappa shape index (κ2) is 6.70. The van der Waals surface area contributed by atoms with Crippen LogP contribution >= 0.6 is 0 Å². The summed E-state index contributed by atoms with van der Waals surface area (Å²) in [7, 11) is 0. The molecule has 3 rings (SSSR count). The summed E-state index contributed by atoms with van der Waals surface area (Å²) in [5.41, 5.74) is 1.28. The van der Waals surface area contributed by atoms with Crippen LogP contribution < -0.4 is 0 Å². The molecule has 142 valence electrons. The Morgan fingerprint density at radius 3 is 2.56 bits per heavy atom. The highest BCUT2D eigenvalue weighted by atomic mass is 16.4. The normalized spacial score (nSPS) is 47.5. The molecule has 4 heteroatoms. The zero-order valence-corrected chi connectivity index (χ0v) is 15.7. The maximum absolute atomic E-state index is 11.3. The van der Waals surface area contributed by atoms with E-state index in [1.807, 2.05) is 0 Å². The van der Waals surface area contributed by atoms with Gasteiger partial charge in [0.05, 0.1) is 12.2 Å². The van der Waals surface area contributed by atoms with E-state index in [-0.39, 0.29) is 47.2 Å². The molecule has 0 bridgehead atoms. The minimum atomic E-state index is -0.772. The lowest BCUT2D eigenvalue weighted by Crippen LogP contribution is -2.52. The standard InChI is InChI=1S/C21H34O4/c1-13-4-6-16-19(25)17(9-11-20(13,16)2)21(3)10-8-15(22)12-14(21)5-7-18(23)24/h14-17,19,22,25H,1,4-12H2,2-3H3,(H,23,24)/t14?,15?,16-,17-,19-,20+,21?/m0/s1. The van der Waals surface area contributed by atoms with Gasteiger partial charge >= 0.3 is 5.97 Å². The van der Waals surface area contributed by atoms with Crippen LogP contribution in [-0.2, 0) is 4.79 Å². The molecule has 3 aliphatic carbocycles. The first kappa shape index (κ1) is 18.9. The highest BCUT2D eigenvalue weighted by molar-refractivity contribution is 5.66. The molecule has 0 saturated heterocycles. The van der Waals surface area contributed by atoms with Crippen molar-refractivity contribution in [2.24, 2.45) is 28.6 Å². The largest absolute Gasteiger partial charge is 0.481 e. The summed E-state index contributed by atoms with van der Waals surface area (Å²) in [5.74, 6) is -0.127. The molecule has 0 spiro atoms. The Hall–Kier alpha value is -0.870. The fraction of sp³-hybridized carbons (Fsp3) is 0.857. The number of rotatable bonds is 4. The molecule has 4 nitrogen and oxygen atoms in total. The summed E-state index contributed by atoms with van der Waals surface area (Å²) in [6.45, 7) is 8.77. The predicted molar refractivity (Wildman–Crippen MR) is 97.0 cm³/mol. The third-order valence-corrected chi connectivity index (χ3v) is 8.24. The van der Waals surface area contributed by atoms with Gasteiger partial charge in [0.2, 0.25) is 0 Å². The van der Waals surface area contributed by atoms with E-state index in [4.69, 9.17) is 5.11 Å². The molecule has 3 unspecified atom stereocenters. The molecule has 3 N–H and O–H groups in total. The van der Waals surface area contributed by atoms with Gasteiger partial charge in [-0.05, 0) is 80.0 Å². The quantitative estimate of drug-likeness (QED) is 0.675. The van der Waals surface area contributed by atoms with Gasteiger partial charge in [0.1, 0.15) is 0 Å². The summed E-state index contributed by atoms with van der Waals surface area (Å²) >= 11 is 0. The third-order valence-electron chi connectivity index (χ3n) is 8.24. The molecule has 25 heavy (non-hydrogen) atoms. The number of fused-ring (bicyclic) bond motifs is 1. The number of aliphatic carboxylic acids is 1. The van der Waals surface area contributed by atoms with Crippen LogP contribution in [0.2, 0.25) is 0 Å². The Balaban J connectivity index is 1.82. The van der Waals surface area contributed by atoms with E-state index in [0.717, 1.165) is 38.5 Å². The Morgan fingerprint density at radius 1 is 1.16 bits per heavy atom. The van der Waals surface area contributed by atoms with Crippen LogP contribution in [0.5, 0.6) is 0 Å². The zero-order chi connectivity index (χ0) is 18.4. The molecule has 0 heterocycles. The van der Waals surface area contributed by atoms with Crippen molar-refractivity contribution in [1.82, 2.24) is 0 Å². The second-order valence-electron chi connectivity index (χ2n) is 9.37. The summed E-state index contributed by atoms with van der Waals surface area (Å²) in [6.07, 6.45) is 6.47. The van der Waals surface area contributed by atoms with Crippen LogP contribution in [0.3, 0.4) is 0 Å². The van der Waals surface area contributed by atoms with E-state index in [9.17, 15) is 15.0 Å². The minimum absolute atomic E-state index is 0.0665. The predicted octanol–water partition coefficient (Wildman–Crippen LogP) is 3.76. The van der Waals surface area contributed by atoms with Crippen LogP contribution in [0.1, 0.15) is 71.6 Å². The molecule has 0 aromatic carbocycles. The van der Waals surface area contributed by atoms with Crippen LogP contribution in [0.4, 0.5) is 0 Å². The Morgan fingerprint density at radius 2 is 1.88 bits per heavy atom. The van der Waals surface area contributed by atoms with Crippen molar-refractivity contribution in [3.63, 3.8) is 0 Å². The molecule has 0 aromatic rings. The Labute approximate surface area is 151 Å². The van der Waals surface area contributed by atoms with Crippen molar-refractivity contribution in [2.75, 3.05) is 0 Å². The van der Waals surface area contributed by atoms with Crippen molar-refractivity contribution in [3.05, 3.63) is 12.2 Å². The molecule has 0 amide bonds. The highest BCUT2D eigenvalue weighted by Crippen LogP contribution is 2.61. The lowest BCUT2D eigenvalue weighted by Gasteiger charge is -2.55. The van der Waals surface area contributed by atoms with Crippen LogP contribution in [-0.4, -0.2) is 33.5 Å². The highest BCUT2D eigenvalue weighted by Gasteiger charge is 2.56. The van der Waals surface area contributed by atoms with Crippen molar-refractivity contribution >= 4 is 5.97 Å². The van der Waals surface area contributed by atoms with Crippen LogP contribution in [0.15, 0.2) is 12.2 Å². The first-order valence-corrected chi connectivity index (χ1v) is 9.94. The second-order valence-corrected chi connectivity index (χ2v) is 9.37. The summed E-state index contributed by atoms with van der Waals surface area (Å²) < 4.78 is 0. The van der Waals surface area contributed by atoms with Crippen LogP contribution in [0.25, 0.3) is 0 Å². The molecule has 3 fully saturated rings. The summed E-state index contributed by atoms with van der Waals surface area (Å²) in [5, 5.41) is 30.5. The van der Waals surface area contributed by atoms with Gasteiger partial charge in [-0.25, -0.2) is 0 Å². The fourth-order valence-electron chi connectivity index (χ4n) is 6.36. The smallest absolute Gasteiger partial charge is 0.303 e. The van der Waals surface area contributed by atoms with Crippen molar-refractivity contribution < 1.29 is 20.1 Å². The van der Waals surface area contributed by atoms with Gasteiger partial charge < -0.3 is 15.3 Å². The van der Waals surface area contributed by atoms with Gasteiger partial charge in [-0.15, -0.1) is 0 Å². The first-order chi connectivity index (χ1) is 11.7. The lowest BCUT2D eigenvalue weighted by molar-refractivity contribution is -0.140. The van der Waals surface area contributed by atoms with Crippen molar-refractivity contribution in [3.8, 4) is 0 Å². The van der Waals surface area contributed by atoms with E-state index in [1.54, 1.807) is 0 Å². The number of carboxylic acids is 1. The molecular formula is C21H34O4. The van der Waals surface area contributed by atoms with E-state index < -0.39 is 5.97 Å². The number of carboxylic acid groups (broad SMARTS) is 1. The molecule has 3 aliphatic rings. The van der Waals surface area contributed by atoms with Crippen molar-refractivity contribution in [2.45, 2.75) is 83.8 Å². The topological polar surface area (TPSA) is 77.8 Å². The maximum Gasteiger partial charge on any atom is 0.303 e. The molecular weight excluding hydrogens is 316 g/mol. The van der Waals surface area contributed by atoms with E-state index in [0.29, 0.717) is 12.8 Å². The van der Waals surface area contributed by atoms with Gasteiger partial charge in [0.15, 0.2) is 0 Å². The van der Waals surface area contributed by atoms with Gasteiger partial charge in [-0.2, -0.15) is 0 Å². The maximum atomic E-state index is 11.3. The number of hydrogen-bond donors (Lipinski definition) is 3. The average Bonchev–Trinajstić information content (AvgIpc) is 2.85. The molecule has 0 aromatic heterocycles. The number of aliphatic hydroxyl groups excluding tert-OH is 2. The van der Waals surface area contributed by atoms with Gasteiger partial charge in [-0.1, -0.05) is 26.0 Å². The summed E-state index contributed by atoms with van der Waals surface area (Å²) in [6, 6.07) is 0. The Kier molecular flexibility index (Phi) is 5.06. The monoisotopic (exact) mass is 350 g/mol. The number of carbonyl (C=O) groups is 1. The number of allylic oxidation sites excluding steroid dienone is 1. The zero-order valence-electron chi connectivity index (χ0n) is 15.7. The average molecular weight is 350 g/mol. The molecule has 3 saturated carbocycles. The Bertz CT molecular complexity index is 544. The van der Waals surface area contributed by atoms with E-state index in [1.165, 1.54) is 5.57 Å². The van der Waals surface area contributed by atoms with Gasteiger partial charge in [0.25, 0.3) is 0 Å². The van der Waals surface area contributed by atoms with Gasteiger partial charge in [-0.3, -0.25) is 4.79 Å². The fourth-order valence-corrected chi connectivity index (χ4v) is 6.36. The van der Waals surface area contributed by atoms with Crippen LogP contribution in [0, 0.1) is 28.6 Å². The van der Waals surface area contributed by atoms with E-state index >= 15 is 0 Å². The molecule has 7 atom stereocenters. The third kappa shape index (κ3) is 3.16. The number of hydrogen-bond acceptors (Lipinski definition) is 3. The lowest BCUT2D eigenvalue weighted by atomic mass is 9.51. The van der Waals surface area contributed by atoms with Gasteiger partial charge in [0, 0.05) is 6.42 Å². The molecule has 0 radical (unpaired) electrons. The number of aliphatic hydroxyl groups is 2. The first-order valence-electron chi connectivity index (χ1n) is 9.94. The molecule has 0 aliphatic heterocycles. The SMILES string of the molecule is C=C1CC[C@H]2[C@H](O)[C@@H](C3(C)CCC(O)CC3CCC(=O)O)CC[C@]12C. The van der Waals surface area contributed by atoms with Crippen molar-refractivity contribution in [1.29, 1.82) is 0 Å². The summed E-state index contributed by atoms with van der Waals surface area (Å²) in [4.78, 5) is 11.1. The minimum Gasteiger partial charge on any atom is -0.481 e. The van der Waals surface area contributed by atoms with E-state index in [2.05, 4.69) is 20.4 Å².